The van der Waals surface area contributed by atoms with Crippen LogP contribution < -0.4 is 23.8 Å². The van der Waals surface area contributed by atoms with E-state index < -0.39 is 0 Å². The number of aldehydes is 1. The summed E-state index contributed by atoms with van der Waals surface area (Å²) in [5.74, 6) is 2.99. The number of hydrogen-bond donors (Lipinski definition) is 0. The Morgan fingerprint density at radius 2 is 1.71 bits per heavy atom. The average molecular weight is 375 g/mol. The zero-order chi connectivity index (χ0) is 18.8. The molecule has 1 unspecified atom stereocenters. The van der Waals surface area contributed by atoms with Gasteiger partial charge in [-0.15, -0.1) is 0 Å². The Hall–Kier alpha value is -3.41. The molecule has 0 saturated heterocycles. The number of fused-ring (bicyclic) bond motifs is 8. The number of benzene rings is 3. The van der Waals surface area contributed by atoms with Crippen molar-refractivity contribution in [1.82, 2.24) is 0 Å². The maximum absolute atomic E-state index is 11.5. The second-order valence-electron chi connectivity index (χ2n) is 7.18. The zero-order valence-corrected chi connectivity index (χ0v) is 15.2. The highest BCUT2D eigenvalue weighted by Gasteiger charge is 2.35. The molecule has 28 heavy (non-hydrogen) atoms. The van der Waals surface area contributed by atoms with Crippen molar-refractivity contribution in [3.05, 3.63) is 42.0 Å². The minimum absolute atomic E-state index is 0.132. The van der Waals surface area contributed by atoms with E-state index >= 15 is 0 Å². The molecule has 0 amide bonds. The van der Waals surface area contributed by atoms with E-state index in [1.165, 1.54) is 0 Å². The van der Waals surface area contributed by atoms with E-state index in [9.17, 15) is 4.79 Å². The van der Waals surface area contributed by atoms with Crippen molar-refractivity contribution in [2.24, 2.45) is 0 Å². The monoisotopic (exact) mass is 375 g/mol. The highest BCUT2D eigenvalue weighted by Crippen LogP contribution is 2.54. The second-order valence-corrected chi connectivity index (χ2v) is 7.18. The average Bonchev–Trinajstić information content (AvgIpc) is 3.36. The van der Waals surface area contributed by atoms with Crippen molar-refractivity contribution in [3.63, 3.8) is 0 Å². The molecular formula is C22H17NO5. The van der Waals surface area contributed by atoms with Crippen molar-refractivity contribution in [2.75, 3.05) is 25.5 Å². The van der Waals surface area contributed by atoms with E-state index in [0.29, 0.717) is 6.42 Å². The minimum atomic E-state index is -0.132. The predicted octanol–water partition coefficient (Wildman–Crippen LogP) is 4.04. The van der Waals surface area contributed by atoms with E-state index in [2.05, 4.69) is 23.1 Å². The Morgan fingerprint density at radius 1 is 0.964 bits per heavy atom. The normalized spacial score (nSPS) is 18.2. The fourth-order valence-corrected chi connectivity index (χ4v) is 4.57. The maximum atomic E-state index is 11.5. The number of anilines is 1. The van der Waals surface area contributed by atoms with E-state index in [1.807, 2.05) is 25.2 Å². The molecule has 6 heteroatoms. The number of ether oxygens (including phenoxy) is 4. The van der Waals surface area contributed by atoms with Crippen LogP contribution in [0.1, 0.15) is 18.0 Å². The molecule has 0 spiro atoms. The molecule has 3 aromatic rings. The summed E-state index contributed by atoms with van der Waals surface area (Å²) in [5.41, 5.74) is 4.26. The summed E-state index contributed by atoms with van der Waals surface area (Å²) in [6.07, 6.45) is 1.33. The Labute approximate surface area is 161 Å². The molecule has 140 valence electrons. The molecule has 3 aliphatic rings. The minimum Gasteiger partial charge on any atom is -0.454 e. The van der Waals surface area contributed by atoms with Gasteiger partial charge in [0.2, 0.25) is 13.6 Å². The first kappa shape index (κ1) is 15.6. The van der Waals surface area contributed by atoms with Gasteiger partial charge in [0.05, 0.1) is 11.7 Å². The number of rotatable bonds is 2. The number of carbonyl (C=O) groups is 1. The largest absolute Gasteiger partial charge is 0.454 e. The van der Waals surface area contributed by atoms with Gasteiger partial charge in [0.15, 0.2) is 23.0 Å². The SMILES string of the molecule is CN1c2c(ccc3cc4c(cc23)OCO4)-c2ccc3c(c2C1CC=O)OCO3. The fourth-order valence-electron chi connectivity index (χ4n) is 4.57. The summed E-state index contributed by atoms with van der Waals surface area (Å²) in [6, 6.07) is 12.1. The smallest absolute Gasteiger partial charge is 0.231 e. The lowest BCUT2D eigenvalue weighted by Crippen LogP contribution is -2.29. The summed E-state index contributed by atoms with van der Waals surface area (Å²) in [4.78, 5) is 13.7. The fraction of sp³-hybridized carbons (Fsp3) is 0.227. The topological polar surface area (TPSA) is 57.2 Å². The van der Waals surface area contributed by atoms with Gasteiger partial charge in [-0.1, -0.05) is 12.1 Å². The lowest BCUT2D eigenvalue weighted by molar-refractivity contribution is -0.108. The predicted molar refractivity (Wildman–Crippen MR) is 103 cm³/mol. The Kier molecular flexibility index (Phi) is 3.10. The third-order valence-corrected chi connectivity index (χ3v) is 5.83. The van der Waals surface area contributed by atoms with E-state index in [4.69, 9.17) is 18.9 Å². The van der Waals surface area contributed by atoms with Gasteiger partial charge in [0, 0.05) is 30.0 Å². The van der Waals surface area contributed by atoms with Crippen LogP contribution in [0, 0.1) is 0 Å². The van der Waals surface area contributed by atoms with Crippen LogP contribution in [0.25, 0.3) is 21.9 Å². The maximum Gasteiger partial charge on any atom is 0.231 e. The number of nitrogens with zero attached hydrogens (tertiary/aromatic N) is 1. The summed E-state index contributed by atoms with van der Waals surface area (Å²) in [7, 11) is 2.02. The molecule has 0 fully saturated rings. The van der Waals surface area contributed by atoms with Crippen LogP contribution in [-0.4, -0.2) is 26.9 Å². The van der Waals surface area contributed by atoms with Gasteiger partial charge in [0.25, 0.3) is 0 Å². The third kappa shape index (κ3) is 1.94. The van der Waals surface area contributed by atoms with Gasteiger partial charge < -0.3 is 28.6 Å². The Morgan fingerprint density at radius 3 is 2.57 bits per heavy atom. The Bertz CT molecular complexity index is 1160. The van der Waals surface area contributed by atoms with E-state index in [1.54, 1.807) is 0 Å². The number of carbonyl (C=O) groups excluding carboxylic acids is 1. The van der Waals surface area contributed by atoms with Gasteiger partial charge in [0.1, 0.15) is 6.29 Å². The molecule has 3 aliphatic heterocycles. The molecule has 3 aromatic carbocycles. The van der Waals surface area contributed by atoms with Crippen LogP contribution in [0.2, 0.25) is 0 Å². The van der Waals surface area contributed by atoms with E-state index in [-0.39, 0.29) is 19.6 Å². The van der Waals surface area contributed by atoms with Gasteiger partial charge in [-0.25, -0.2) is 0 Å². The first-order valence-electron chi connectivity index (χ1n) is 9.22. The molecule has 3 heterocycles. The summed E-state index contributed by atoms with van der Waals surface area (Å²) in [5, 5.41) is 2.15. The van der Waals surface area contributed by atoms with Crippen molar-refractivity contribution < 1.29 is 23.7 Å². The third-order valence-electron chi connectivity index (χ3n) is 5.83. The molecule has 0 bridgehead atoms. The van der Waals surface area contributed by atoms with Crippen LogP contribution in [0.3, 0.4) is 0 Å². The molecular weight excluding hydrogens is 358 g/mol. The van der Waals surface area contributed by atoms with Crippen LogP contribution in [0.4, 0.5) is 5.69 Å². The van der Waals surface area contributed by atoms with Crippen LogP contribution in [0.15, 0.2) is 36.4 Å². The van der Waals surface area contributed by atoms with Crippen LogP contribution in [-0.2, 0) is 4.79 Å². The molecule has 0 aromatic heterocycles. The molecule has 0 saturated carbocycles. The summed E-state index contributed by atoms with van der Waals surface area (Å²) in [6.45, 7) is 0.446. The van der Waals surface area contributed by atoms with Crippen molar-refractivity contribution in [1.29, 1.82) is 0 Å². The van der Waals surface area contributed by atoms with Crippen LogP contribution >= 0.6 is 0 Å². The molecule has 0 radical (unpaired) electrons. The summed E-state index contributed by atoms with van der Waals surface area (Å²) < 4.78 is 22.5. The van der Waals surface area contributed by atoms with Crippen molar-refractivity contribution in [2.45, 2.75) is 12.5 Å². The highest BCUT2D eigenvalue weighted by molar-refractivity contribution is 6.05. The lowest BCUT2D eigenvalue weighted by atomic mass is 9.84. The van der Waals surface area contributed by atoms with E-state index in [0.717, 1.165) is 62.4 Å². The molecule has 6 rings (SSSR count). The van der Waals surface area contributed by atoms with Crippen LogP contribution in [0.5, 0.6) is 23.0 Å². The second kappa shape index (κ2) is 5.55. The van der Waals surface area contributed by atoms with Crippen molar-refractivity contribution in [3.8, 4) is 34.1 Å². The standard InChI is InChI=1S/C22H17NO5/c1-23-16(6-7-24)20-13(4-5-17-22(20)28-11-25-17)14-3-2-12-8-18-19(27-10-26-18)9-15(12)21(14)23/h2-5,7-9,16H,6,10-11H2,1H3. The van der Waals surface area contributed by atoms with Gasteiger partial charge in [-0.05, 0) is 35.2 Å². The van der Waals surface area contributed by atoms with Gasteiger partial charge >= 0.3 is 0 Å². The lowest BCUT2D eigenvalue weighted by Gasteiger charge is -2.38. The Balaban J connectivity index is 1.68. The quantitative estimate of drug-likeness (QED) is 0.630. The van der Waals surface area contributed by atoms with Crippen molar-refractivity contribution >= 4 is 22.7 Å². The first-order chi connectivity index (χ1) is 13.8. The molecule has 1 atom stereocenters. The molecule has 6 nitrogen and oxygen atoms in total. The number of hydrogen-bond acceptors (Lipinski definition) is 6. The summed E-state index contributed by atoms with van der Waals surface area (Å²) >= 11 is 0. The van der Waals surface area contributed by atoms with Gasteiger partial charge in [-0.2, -0.15) is 0 Å². The molecule has 0 N–H and O–H groups in total. The first-order valence-corrected chi connectivity index (χ1v) is 9.22. The highest BCUT2D eigenvalue weighted by atomic mass is 16.7. The zero-order valence-electron chi connectivity index (χ0n) is 15.2. The van der Waals surface area contributed by atoms with Gasteiger partial charge in [-0.3, -0.25) is 0 Å². The molecule has 0 aliphatic carbocycles.